The molecule has 2 unspecified atom stereocenters. The average Bonchev–Trinajstić information content (AvgIpc) is 2.65. The van der Waals surface area contributed by atoms with E-state index < -0.39 is 5.91 Å². The van der Waals surface area contributed by atoms with Gasteiger partial charge in [-0.05, 0) is 30.9 Å². The molecular weight excluding hydrogens is 202 g/mol. The van der Waals surface area contributed by atoms with E-state index >= 15 is 0 Å². The van der Waals surface area contributed by atoms with Gasteiger partial charge in [-0.3, -0.25) is 4.79 Å². The van der Waals surface area contributed by atoms with Gasteiger partial charge in [-0.1, -0.05) is 13.3 Å². The number of primary amides is 1. The maximum Gasteiger partial charge on any atom is 0.250 e. The molecule has 0 radical (unpaired) electrons. The normalized spacial score (nSPS) is 24.3. The summed E-state index contributed by atoms with van der Waals surface area (Å²) in [7, 11) is 0. The Morgan fingerprint density at radius 2 is 2.31 bits per heavy atom. The van der Waals surface area contributed by atoms with Crippen molar-refractivity contribution in [3.63, 3.8) is 0 Å². The van der Waals surface area contributed by atoms with Crippen molar-refractivity contribution in [1.29, 1.82) is 0 Å². The lowest BCUT2D eigenvalue weighted by Gasteiger charge is -2.17. The van der Waals surface area contributed by atoms with Crippen LogP contribution < -0.4 is 11.1 Å². The highest BCUT2D eigenvalue weighted by molar-refractivity contribution is 5.92. The van der Waals surface area contributed by atoms with E-state index in [0.29, 0.717) is 17.5 Å². The van der Waals surface area contributed by atoms with E-state index in [2.05, 4.69) is 17.2 Å². The first kappa shape index (κ1) is 10.9. The van der Waals surface area contributed by atoms with Crippen molar-refractivity contribution in [2.24, 2.45) is 11.7 Å². The quantitative estimate of drug-likeness (QED) is 0.814. The van der Waals surface area contributed by atoms with Crippen molar-refractivity contribution in [3.05, 3.63) is 23.9 Å². The lowest BCUT2D eigenvalue weighted by atomic mass is 10.1. The van der Waals surface area contributed by atoms with Crippen molar-refractivity contribution in [1.82, 2.24) is 4.98 Å². The topological polar surface area (TPSA) is 68.0 Å². The number of amides is 1. The molecule has 86 valence electrons. The predicted molar refractivity (Wildman–Crippen MR) is 63.2 cm³/mol. The van der Waals surface area contributed by atoms with Crippen LogP contribution in [0.1, 0.15) is 36.5 Å². The van der Waals surface area contributed by atoms with Crippen LogP contribution in [-0.2, 0) is 0 Å². The van der Waals surface area contributed by atoms with E-state index in [-0.39, 0.29) is 0 Å². The summed E-state index contributed by atoms with van der Waals surface area (Å²) in [5.74, 6) is 1.08. The second kappa shape index (κ2) is 4.51. The largest absolute Gasteiger partial charge is 0.367 e. The molecule has 1 heterocycles. The second-order valence-corrected chi connectivity index (χ2v) is 4.46. The lowest BCUT2D eigenvalue weighted by Crippen LogP contribution is -2.22. The van der Waals surface area contributed by atoms with E-state index in [1.807, 2.05) is 6.07 Å². The molecule has 1 aliphatic rings. The van der Waals surface area contributed by atoms with Gasteiger partial charge >= 0.3 is 0 Å². The molecule has 2 rings (SSSR count). The van der Waals surface area contributed by atoms with Gasteiger partial charge in [0.15, 0.2) is 0 Å². The molecule has 3 N–H and O–H groups in total. The van der Waals surface area contributed by atoms with Gasteiger partial charge in [0.05, 0.1) is 5.56 Å². The molecule has 1 saturated carbocycles. The molecule has 16 heavy (non-hydrogen) atoms. The smallest absolute Gasteiger partial charge is 0.250 e. The summed E-state index contributed by atoms with van der Waals surface area (Å²) >= 11 is 0. The summed E-state index contributed by atoms with van der Waals surface area (Å²) in [5, 5.41) is 3.39. The van der Waals surface area contributed by atoms with E-state index in [4.69, 9.17) is 5.73 Å². The summed E-state index contributed by atoms with van der Waals surface area (Å²) in [5.41, 5.74) is 5.60. The van der Waals surface area contributed by atoms with Crippen molar-refractivity contribution in [3.8, 4) is 0 Å². The van der Waals surface area contributed by atoms with Gasteiger partial charge in [0.25, 0.3) is 0 Å². The highest BCUT2D eigenvalue weighted by atomic mass is 16.1. The molecule has 0 aromatic carbocycles. The van der Waals surface area contributed by atoms with Gasteiger partial charge in [0.1, 0.15) is 5.82 Å². The zero-order valence-electron chi connectivity index (χ0n) is 9.44. The molecule has 1 fully saturated rings. The number of hydrogen-bond acceptors (Lipinski definition) is 3. The average molecular weight is 219 g/mol. The SMILES string of the molecule is CC1CCCC1Nc1ccc(C(N)=O)cn1. The van der Waals surface area contributed by atoms with E-state index in [9.17, 15) is 4.79 Å². The minimum absolute atomic E-state index is 0.437. The standard InChI is InChI=1S/C12H17N3O/c1-8-3-2-4-10(8)15-11-6-5-9(7-14-11)12(13)16/h5-8,10H,2-4H2,1H3,(H2,13,16)(H,14,15). The minimum atomic E-state index is -0.437. The van der Waals surface area contributed by atoms with Crippen LogP contribution in [0.4, 0.5) is 5.82 Å². The van der Waals surface area contributed by atoms with Crippen molar-refractivity contribution < 1.29 is 4.79 Å². The van der Waals surface area contributed by atoms with Gasteiger partial charge in [-0.25, -0.2) is 4.98 Å². The van der Waals surface area contributed by atoms with Crippen LogP contribution >= 0.6 is 0 Å². The number of carbonyl (C=O) groups is 1. The fourth-order valence-electron chi connectivity index (χ4n) is 2.17. The second-order valence-electron chi connectivity index (χ2n) is 4.46. The molecule has 0 bridgehead atoms. The summed E-state index contributed by atoms with van der Waals surface area (Å²) < 4.78 is 0. The molecule has 0 aliphatic heterocycles. The number of nitrogens with zero attached hydrogens (tertiary/aromatic N) is 1. The van der Waals surface area contributed by atoms with Crippen molar-refractivity contribution in [2.45, 2.75) is 32.2 Å². The third-order valence-corrected chi connectivity index (χ3v) is 3.24. The summed E-state index contributed by atoms with van der Waals surface area (Å²) in [6.45, 7) is 2.25. The van der Waals surface area contributed by atoms with Crippen molar-refractivity contribution in [2.75, 3.05) is 5.32 Å². The number of pyridine rings is 1. The fraction of sp³-hybridized carbons (Fsp3) is 0.500. The van der Waals surface area contributed by atoms with Crippen LogP contribution in [0.5, 0.6) is 0 Å². The fourth-order valence-corrected chi connectivity index (χ4v) is 2.17. The van der Waals surface area contributed by atoms with E-state index in [1.54, 1.807) is 6.07 Å². The van der Waals surface area contributed by atoms with E-state index in [1.165, 1.54) is 25.5 Å². The molecule has 1 aliphatic carbocycles. The maximum absolute atomic E-state index is 10.9. The highest BCUT2D eigenvalue weighted by Gasteiger charge is 2.23. The summed E-state index contributed by atoms with van der Waals surface area (Å²) in [6, 6.07) is 4.02. The first-order valence-corrected chi connectivity index (χ1v) is 5.69. The molecule has 1 aromatic rings. The molecule has 4 nitrogen and oxygen atoms in total. The first-order chi connectivity index (χ1) is 7.66. The van der Waals surface area contributed by atoms with Gasteiger partial charge in [0.2, 0.25) is 5.91 Å². The van der Waals surface area contributed by atoms with E-state index in [0.717, 1.165) is 5.82 Å². The molecule has 1 aromatic heterocycles. The molecular formula is C12H17N3O. The third kappa shape index (κ3) is 2.32. The van der Waals surface area contributed by atoms with Crippen molar-refractivity contribution >= 4 is 11.7 Å². The number of hydrogen-bond donors (Lipinski definition) is 2. The Morgan fingerprint density at radius 3 is 2.81 bits per heavy atom. The number of carbonyl (C=O) groups excluding carboxylic acids is 1. The van der Waals surface area contributed by atoms with Gasteiger partial charge < -0.3 is 11.1 Å². The zero-order chi connectivity index (χ0) is 11.5. The number of aromatic nitrogens is 1. The third-order valence-electron chi connectivity index (χ3n) is 3.24. The number of nitrogens with two attached hydrogens (primary N) is 1. The Hall–Kier alpha value is -1.58. The molecule has 1 amide bonds. The predicted octanol–water partition coefficient (Wildman–Crippen LogP) is 1.78. The summed E-state index contributed by atoms with van der Waals surface area (Å²) in [4.78, 5) is 15.1. The Kier molecular flexibility index (Phi) is 3.08. The van der Waals surface area contributed by atoms with Crippen LogP contribution in [0.2, 0.25) is 0 Å². The van der Waals surface area contributed by atoms with Crippen LogP contribution in [-0.4, -0.2) is 16.9 Å². The Balaban J connectivity index is 2.02. The van der Waals surface area contributed by atoms with Crippen LogP contribution in [0.3, 0.4) is 0 Å². The molecule has 4 heteroatoms. The maximum atomic E-state index is 10.9. The monoisotopic (exact) mass is 219 g/mol. The minimum Gasteiger partial charge on any atom is -0.367 e. The van der Waals surface area contributed by atoms with Crippen LogP contribution in [0.15, 0.2) is 18.3 Å². The van der Waals surface area contributed by atoms with Gasteiger partial charge in [-0.2, -0.15) is 0 Å². The Bertz CT molecular complexity index is 374. The van der Waals surface area contributed by atoms with Crippen LogP contribution in [0, 0.1) is 5.92 Å². The number of anilines is 1. The highest BCUT2D eigenvalue weighted by Crippen LogP contribution is 2.27. The Labute approximate surface area is 95.3 Å². The summed E-state index contributed by atoms with van der Waals surface area (Å²) in [6.07, 6.45) is 5.26. The van der Waals surface area contributed by atoms with Gasteiger partial charge in [-0.15, -0.1) is 0 Å². The molecule has 0 spiro atoms. The van der Waals surface area contributed by atoms with Gasteiger partial charge in [0, 0.05) is 12.2 Å². The zero-order valence-corrected chi connectivity index (χ0v) is 9.44. The number of rotatable bonds is 3. The first-order valence-electron chi connectivity index (χ1n) is 5.69. The molecule has 0 saturated heterocycles. The Morgan fingerprint density at radius 1 is 1.50 bits per heavy atom. The van der Waals surface area contributed by atoms with Crippen LogP contribution in [0.25, 0.3) is 0 Å². The molecule has 2 atom stereocenters. The lowest BCUT2D eigenvalue weighted by molar-refractivity contribution is 0.1000. The number of nitrogens with one attached hydrogen (secondary N) is 1.